The molecule has 0 aliphatic carbocycles. The molecule has 44 heavy (non-hydrogen) atoms. The largest absolute Gasteiger partial charge is 0.416 e. The van der Waals surface area contributed by atoms with Crippen LogP contribution in [0.3, 0.4) is 0 Å². The van der Waals surface area contributed by atoms with E-state index in [-0.39, 0.29) is 20.7 Å². The van der Waals surface area contributed by atoms with Gasteiger partial charge in [0.15, 0.2) is 16.6 Å². The summed E-state index contributed by atoms with van der Waals surface area (Å²) in [7, 11) is -2.31. The fourth-order valence-corrected chi connectivity index (χ4v) is 6.73. The Morgan fingerprint density at radius 2 is 1.14 bits per heavy atom. The van der Waals surface area contributed by atoms with Crippen molar-refractivity contribution in [2.45, 2.75) is 104 Å². The van der Waals surface area contributed by atoms with Gasteiger partial charge in [0.1, 0.15) is 0 Å². The molecular formula is C33H58N4O5Si2. The minimum Gasteiger partial charge on any atom is -0.416 e. The molecular weight excluding hydrogens is 589 g/mol. The molecule has 4 rings (SSSR count). The third-order valence-electron chi connectivity index (χ3n) is 9.56. The van der Waals surface area contributed by atoms with E-state index in [4.69, 9.17) is 19.7 Å². The van der Waals surface area contributed by atoms with Crippen molar-refractivity contribution in [3.63, 3.8) is 0 Å². The number of rotatable bonds is 9. The molecule has 11 heteroatoms. The van der Waals surface area contributed by atoms with Gasteiger partial charge >= 0.3 is 0 Å². The third-order valence-corrected chi connectivity index (χ3v) is 18.6. The average Bonchev–Trinajstić information content (AvgIpc) is 3.51. The van der Waals surface area contributed by atoms with Gasteiger partial charge in [0.2, 0.25) is 0 Å². The molecule has 9 nitrogen and oxygen atoms in total. The fourth-order valence-electron chi connectivity index (χ4n) is 4.66. The summed E-state index contributed by atoms with van der Waals surface area (Å²) in [5, 5.41) is 18.3. The van der Waals surface area contributed by atoms with Crippen molar-refractivity contribution in [2.24, 2.45) is 0 Å². The van der Waals surface area contributed by atoms with Crippen LogP contribution >= 0.6 is 0 Å². The van der Waals surface area contributed by atoms with Crippen LogP contribution in [-0.4, -0.2) is 69.9 Å². The van der Waals surface area contributed by atoms with Gasteiger partial charge in [-0.15, -0.1) is 0 Å². The van der Waals surface area contributed by atoms with E-state index in [0.29, 0.717) is 0 Å². The van der Waals surface area contributed by atoms with Crippen LogP contribution in [0.2, 0.25) is 36.3 Å². The minimum absolute atomic E-state index is 0.179. The van der Waals surface area contributed by atoms with Gasteiger partial charge in [0, 0.05) is 77.4 Å². The number of nitro groups is 1. The zero-order valence-electron chi connectivity index (χ0n) is 29.1. The van der Waals surface area contributed by atoms with Crippen LogP contribution in [0.25, 0.3) is 0 Å². The van der Waals surface area contributed by atoms with Crippen molar-refractivity contribution in [1.29, 1.82) is 0 Å². The first-order valence-electron chi connectivity index (χ1n) is 15.6. The van der Waals surface area contributed by atoms with Gasteiger partial charge in [-0.1, -0.05) is 53.7 Å². The quantitative estimate of drug-likeness (QED) is 0.128. The number of nitrogens with two attached hydrogens (primary N) is 1. The molecule has 0 aromatic heterocycles. The Morgan fingerprint density at radius 1 is 0.750 bits per heavy atom. The number of nitro benzene ring substituents is 1. The van der Waals surface area contributed by atoms with E-state index in [1.807, 2.05) is 12.1 Å². The van der Waals surface area contributed by atoms with E-state index >= 15 is 0 Å². The molecule has 2 aliphatic heterocycles. The maximum absolute atomic E-state index is 10.8. The lowest BCUT2D eigenvalue weighted by molar-refractivity contribution is -0.384. The highest BCUT2D eigenvalue weighted by Gasteiger charge is 2.38. The Kier molecular flexibility index (Phi) is 13.4. The standard InChI is InChI=1S/C16H26N2O3Si.C16H28N2OSi.CH4O/c1-16(2,3)22(4,5)21-9-8-17-11-13-6-7-15(18(19)20)10-14(13)12-17;1-16(2,3)20(4,5)19-9-8-18-11-13-6-7-15(17)10-14(13)12-18;1-2/h6-7,10H,8-9,11-12H2,1-5H3;6-7,10H,8-9,11-12,17H2,1-5H3;2H,1H3. The summed E-state index contributed by atoms with van der Waals surface area (Å²) in [5.74, 6) is 0. The van der Waals surface area contributed by atoms with Crippen molar-refractivity contribution in [2.75, 3.05) is 39.1 Å². The Hall–Kier alpha value is -2.13. The molecule has 248 valence electrons. The van der Waals surface area contributed by atoms with Gasteiger partial charge < -0.3 is 19.7 Å². The zero-order chi connectivity index (χ0) is 33.5. The number of non-ortho nitro benzene ring substituents is 1. The van der Waals surface area contributed by atoms with Crippen LogP contribution in [0.4, 0.5) is 11.4 Å². The van der Waals surface area contributed by atoms with Gasteiger partial charge in [-0.3, -0.25) is 19.9 Å². The number of nitrogens with zero attached hydrogens (tertiary/aromatic N) is 3. The molecule has 2 aliphatic rings. The smallest absolute Gasteiger partial charge is 0.269 e. The van der Waals surface area contributed by atoms with Crippen molar-refractivity contribution >= 4 is 28.0 Å². The second-order valence-corrected chi connectivity index (χ2v) is 24.5. The molecule has 3 N–H and O–H groups in total. The van der Waals surface area contributed by atoms with Gasteiger partial charge in [-0.25, -0.2) is 0 Å². The predicted octanol–water partition coefficient (Wildman–Crippen LogP) is 7.15. The fraction of sp³-hybridized carbons (Fsp3) is 0.636. The highest BCUT2D eigenvalue weighted by molar-refractivity contribution is 6.74. The van der Waals surface area contributed by atoms with Crippen LogP contribution in [0, 0.1) is 10.1 Å². The van der Waals surface area contributed by atoms with Crippen LogP contribution < -0.4 is 5.73 Å². The first-order valence-corrected chi connectivity index (χ1v) is 21.4. The normalized spacial score (nSPS) is 15.5. The van der Waals surface area contributed by atoms with Gasteiger partial charge in [0.25, 0.3) is 5.69 Å². The minimum atomic E-state index is -1.70. The Morgan fingerprint density at radius 3 is 1.55 bits per heavy atom. The summed E-state index contributed by atoms with van der Waals surface area (Å²) in [5.41, 5.74) is 11.9. The van der Waals surface area contributed by atoms with Crippen molar-refractivity contribution < 1.29 is 18.9 Å². The monoisotopic (exact) mass is 646 g/mol. The van der Waals surface area contributed by atoms with Crippen LogP contribution in [0.15, 0.2) is 36.4 Å². The number of aliphatic hydroxyl groups is 1. The first kappa shape index (κ1) is 38.1. The molecule has 0 amide bonds. The zero-order valence-corrected chi connectivity index (χ0v) is 31.1. The molecule has 0 bridgehead atoms. The van der Waals surface area contributed by atoms with Crippen molar-refractivity contribution in [1.82, 2.24) is 9.80 Å². The lowest BCUT2D eigenvalue weighted by Crippen LogP contribution is -2.42. The first-order chi connectivity index (χ1) is 20.3. The van der Waals surface area contributed by atoms with E-state index < -0.39 is 16.6 Å². The van der Waals surface area contributed by atoms with Crippen molar-refractivity contribution in [3.8, 4) is 0 Å². The Bertz CT molecular complexity index is 1240. The number of aliphatic hydroxyl groups excluding tert-OH is 1. The maximum atomic E-state index is 10.8. The van der Waals surface area contributed by atoms with Gasteiger partial charge in [-0.2, -0.15) is 0 Å². The molecule has 0 saturated heterocycles. The number of hydrogen-bond acceptors (Lipinski definition) is 8. The van der Waals surface area contributed by atoms with Crippen LogP contribution in [-0.2, 0) is 35.0 Å². The molecule has 2 aromatic carbocycles. The molecule has 0 unspecified atom stereocenters. The maximum Gasteiger partial charge on any atom is 0.269 e. The molecule has 0 fully saturated rings. The highest BCUT2D eigenvalue weighted by Crippen LogP contribution is 2.37. The summed E-state index contributed by atoms with van der Waals surface area (Å²) in [6, 6.07) is 11.4. The summed E-state index contributed by atoms with van der Waals surface area (Å²) in [4.78, 5) is 15.2. The van der Waals surface area contributed by atoms with E-state index in [0.717, 1.165) is 70.8 Å². The molecule has 0 spiro atoms. The number of fused-ring (bicyclic) bond motifs is 2. The van der Waals surface area contributed by atoms with Crippen LogP contribution in [0.1, 0.15) is 63.8 Å². The summed E-state index contributed by atoms with van der Waals surface area (Å²) >= 11 is 0. The summed E-state index contributed by atoms with van der Waals surface area (Å²) in [6.07, 6.45) is 0. The number of hydrogen-bond donors (Lipinski definition) is 2. The molecule has 2 heterocycles. The summed E-state index contributed by atoms with van der Waals surface area (Å²) in [6.45, 7) is 29.8. The summed E-state index contributed by atoms with van der Waals surface area (Å²) < 4.78 is 12.5. The SMILES string of the molecule is CC(C)(C)[Si](C)(C)OCCN1Cc2ccc(N)cc2C1.CC(C)(C)[Si](C)(C)OCCN1Cc2ccc([N+](=O)[O-])cc2C1.CO. The third kappa shape index (κ3) is 10.5. The lowest BCUT2D eigenvalue weighted by Gasteiger charge is -2.36. The number of benzene rings is 2. The molecule has 2 aromatic rings. The van der Waals surface area contributed by atoms with Gasteiger partial charge in [0.05, 0.1) is 4.92 Å². The Labute approximate surface area is 268 Å². The van der Waals surface area contributed by atoms with E-state index in [1.165, 1.54) is 16.7 Å². The number of nitrogen functional groups attached to an aromatic ring is 1. The Balaban J connectivity index is 0.000000292. The second-order valence-electron chi connectivity index (χ2n) is 14.9. The van der Waals surface area contributed by atoms with E-state index in [9.17, 15) is 10.1 Å². The molecule has 0 saturated carbocycles. The lowest BCUT2D eigenvalue weighted by atomic mass is 10.1. The van der Waals surface area contributed by atoms with E-state index in [2.05, 4.69) is 89.7 Å². The topological polar surface area (TPSA) is 114 Å². The average molecular weight is 647 g/mol. The van der Waals surface area contributed by atoms with Gasteiger partial charge in [-0.05, 0) is 70.7 Å². The number of anilines is 1. The molecule has 0 atom stereocenters. The predicted molar refractivity (Wildman–Crippen MR) is 187 cm³/mol. The van der Waals surface area contributed by atoms with E-state index in [1.54, 1.807) is 12.1 Å². The second kappa shape index (κ2) is 15.4. The van der Waals surface area contributed by atoms with Crippen LogP contribution in [0.5, 0.6) is 0 Å². The van der Waals surface area contributed by atoms with Crippen molar-refractivity contribution in [3.05, 3.63) is 68.8 Å². The molecule has 0 radical (unpaired) electrons. The highest BCUT2D eigenvalue weighted by atomic mass is 28.4.